The van der Waals surface area contributed by atoms with Gasteiger partial charge in [-0.25, -0.2) is 0 Å². The van der Waals surface area contributed by atoms with Crippen LogP contribution in [0.5, 0.6) is 0 Å². The van der Waals surface area contributed by atoms with Crippen LogP contribution in [0, 0.1) is 0 Å². The van der Waals surface area contributed by atoms with Gasteiger partial charge in [0, 0.05) is 12.7 Å². The first kappa shape index (κ1) is 13.5. The zero-order valence-electron chi connectivity index (χ0n) is 10.2. The van der Waals surface area contributed by atoms with Crippen molar-refractivity contribution in [1.82, 2.24) is 4.98 Å². The Balaban J connectivity index is 2.29. The Morgan fingerprint density at radius 1 is 1.05 bits per heavy atom. The molecule has 0 radical (unpaired) electrons. The number of hydrogen-bond acceptors (Lipinski definition) is 2. The minimum Gasteiger partial charge on any atom is -0.378 e. The fraction of sp³-hybridized carbons (Fsp3) is 0.214. The molecule has 5 heteroatoms. The third-order valence-electron chi connectivity index (χ3n) is 2.61. The van der Waals surface area contributed by atoms with Gasteiger partial charge in [0.2, 0.25) is 0 Å². The summed E-state index contributed by atoms with van der Waals surface area (Å²) in [7, 11) is 1.56. The normalized spacial score (nSPS) is 11.6. The Kier molecular flexibility index (Phi) is 3.85. The van der Waals surface area contributed by atoms with Crippen LogP contribution in [-0.2, 0) is 17.5 Å². The lowest BCUT2D eigenvalue weighted by Gasteiger charge is -2.08. The number of nitrogens with zero attached hydrogens (tertiary/aromatic N) is 1. The molecule has 2 nitrogen and oxygen atoms in total. The molecule has 1 heterocycles. The molecule has 0 spiro atoms. The zero-order valence-corrected chi connectivity index (χ0v) is 10.2. The van der Waals surface area contributed by atoms with Crippen LogP contribution in [0.2, 0.25) is 0 Å². The van der Waals surface area contributed by atoms with Crippen LogP contribution in [0.3, 0.4) is 0 Å². The van der Waals surface area contributed by atoms with E-state index in [1.54, 1.807) is 25.3 Å². The fourth-order valence-corrected chi connectivity index (χ4v) is 1.70. The number of halogens is 3. The summed E-state index contributed by atoms with van der Waals surface area (Å²) < 4.78 is 42.3. The van der Waals surface area contributed by atoms with E-state index in [-0.39, 0.29) is 0 Å². The number of pyridine rings is 1. The number of aromatic nitrogens is 1. The van der Waals surface area contributed by atoms with Crippen LogP contribution in [-0.4, -0.2) is 12.1 Å². The highest BCUT2D eigenvalue weighted by molar-refractivity contribution is 5.59. The van der Waals surface area contributed by atoms with Gasteiger partial charge in [-0.2, -0.15) is 13.2 Å². The van der Waals surface area contributed by atoms with Crippen LogP contribution >= 0.6 is 0 Å². The molecule has 2 aromatic rings. The molecule has 0 aliphatic carbocycles. The molecular weight excluding hydrogens is 255 g/mol. The summed E-state index contributed by atoms with van der Waals surface area (Å²) in [6.45, 7) is 0.370. The monoisotopic (exact) mass is 267 g/mol. The highest BCUT2D eigenvalue weighted by Gasteiger charge is 2.29. The van der Waals surface area contributed by atoms with Crippen LogP contribution in [0.4, 0.5) is 13.2 Å². The van der Waals surface area contributed by atoms with Crippen molar-refractivity contribution in [3.05, 3.63) is 53.7 Å². The first-order chi connectivity index (χ1) is 9.00. The number of methoxy groups -OCH3 is 1. The summed E-state index contributed by atoms with van der Waals surface area (Å²) in [6, 6.07) is 10.3. The van der Waals surface area contributed by atoms with E-state index in [4.69, 9.17) is 4.74 Å². The molecular formula is C14H12F3NO. The van der Waals surface area contributed by atoms with Crippen molar-refractivity contribution in [1.29, 1.82) is 0 Å². The summed E-state index contributed by atoms with van der Waals surface area (Å²) in [5, 5.41) is 0. The van der Waals surface area contributed by atoms with E-state index in [9.17, 15) is 13.2 Å². The van der Waals surface area contributed by atoms with Crippen molar-refractivity contribution >= 4 is 0 Å². The molecule has 0 fully saturated rings. The van der Waals surface area contributed by atoms with Crippen LogP contribution in [0.1, 0.15) is 11.3 Å². The molecule has 1 aromatic heterocycles. The quantitative estimate of drug-likeness (QED) is 0.841. The molecule has 0 saturated heterocycles. The summed E-state index contributed by atoms with van der Waals surface area (Å²) in [5.74, 6) is 0. The van der Waals surface area contributed by atoms with Crippen molar-refractivity contribution in [2.75, 3.05) is 7.11 Å². The summed E-state index contributed by atoms with van der Waals surface area (Å²) >= 11 is 0. The van der Waals surface area contributed by atoms with Crippen LogP contribution in [0.25, 0.3) is 11.3 Å². The molecule has 0 N–H and O–H groups in total. The van der Waals surface area contributed by atoms with Gasteiger partial charge in [0.1, 0.15) is 0 Å². The molecule has 19 heavy (non-hydrogen) atoms. The number of benzene rings is 1. The number of rotatable bonds is 3. The maximum Gasteiger partial charge on any atom is 0.416 e. The third-order valence-corrected chi connectivity index (χ3v) is 2.61. The molecule has 2 rings (SSSR count). The Labute approximate surface area is 108 Å². The Hall–Kier alpha value is -1.88. The second kappa shape index (κ2) is 5.40. The smallest absolute Gasteiger partial charge is 0.378 e. The van der Waals surface area contributed by atoms with Gasteiger partial charge in [0.05, 0.1) is 23.6 Å². The SMILES string of the molecule is COCc1cccc(-c2ccc(C(F)(F)F)cc2)n1. The molecule has 0 unspecified atom stereocenters. The standard InChI is InChI=1S/C14H12F3NO/c1-19-9-12-3-2-4-13(18-12)10-5-7-11(8-6-10)14(15,16)17/h2-8H,9H2,1H3. The fourth-order valence-electron chi connectivity index (χ4n) is 1.70. The van der Waals surface area contributed by atoms with Gasteiger partial charge in [-0.05, 0) is 24.3 Å². The van der Waals surface area contributed by atoms with E-state index in [0.717, 1.165) is 17.8 Å². The minimum atomic E-state index is -4.32. The van der Waals surface area contributed by atoms with Crippen molar-refractivity contribution in [2.45, 2.75) is 12.8 Å². The van der Waals surface area contributed by atoms with E-state index in [2.05, 4.69) is 4.98 Å². The second-order valence-electron chi connectivity index (χ2n) is 4.02. The zero-order chi connectivity index (χ0) is 13.9. The largest absolute Gasteiger partial charge is 0.416 e. The van der Waals surface area contributed by atoms with Gasteiger partial charge in [-0.1, -0.05) is 18.2 Å². The van der Waals surface area contributed by atoms with Crippen LogP contribution < -0.4 is 0 Å². The number of alkyl halides is 3. The van der Waals surface area contributed by atoms with Gasteiger partial charge < -0.3 is 4.74 Å². The van der Waals surface area contributed by atoms with Gasteiger partial charge in [0.15, 0.2) is 0 Å². The molecule has 0 atom stereocenters. The van der Waals surface area contributed by atoms with Gasteiger partial charge in [0.25, 0.3) is 0 Å². The number of hydrogen-bond donors (Lipinski definition) is 0. The summed E-state index contributed by atoms with van der Waals surface area (Å²) in [6.07, 6.45) is -4.32. The third kappa shape index (κ3) is 3.32. The Morgan fingerprint density at radius 2 is 1.74 bits per heavy atom. The molecule has 0 aliphatic rings. The highest BCUT2D eigenvalue weighted by atomic mass is 19.4. The Morgan fingerprint density at radius 3 is 2.32 bits per heavy atom. The molecule has 0 aliphatic heterocycles. The number of ether oxygens (including phenoxy) is 1. The van der Waals surface area contributed by atoms with E-state index in [1.165, 1.54) is 12.1 Å². The highest BCUT2D eigenvalue weighted by Crippen LogP contribution is 2.30. The average Bonchev–Trinajstić information content (AvgIpc) is 2.39. The minimum absolute atomic E-state index is 0.370. The summed E-state index contributed by atoms with van der Waals surface area (Å²) in [4.78, 5) is 4.32. The van der Waals surface area contributed by atoms with Crippen LogP contribution in [0.15, 0.2) is 42.5 Å². The molecule has 0 saturated carbocycles. The lowest BCUT2D eigenvalue weighted by molar-refractivity contribution is -0.137. The molecule has 100 valence electrons. The first-order valence-electron chi connectivity index (χ1n) is 5.63. The van der Waals surface area contributed by atoms with E-state index in [0.29, 0.717) is 17.9 Å². The predicted octanol–water partition coefficient (Wildman–Crippen LogP) is 3.91. The van der Waals surface area contributed by atoms with Crippen molar-refractivity contribution in [3.8, 4) is 11.3 Å². The Bertz CT molecular complexity index is 549. The van der Waals surface area contributed by atoms with Gasteiger partial charge >= 0.3 is 6.18 Å². The lowest BCUT2D eigenvalue weighted by atomic mass is 10.1. The first-order valence-corrected chi connectivity index (χ1v) is 5.63. The average molecular weight is 267 g/mol. The van der Waals surface area contributed by atoms with E-state index >= 15 is 0 Å². The predicted molar refractivity (Wildman–Crippen MR) is 65.4 cm³/mol. The topological polar surface area (TPSA) is 22.1 Å². The van der Waals surface area contributed by atoms with Gasteiger partial charge in [-0.3, -0.25) is 4.98 Å². The molecule has 0 bridgehead atoms. The second-order valence-corrected chi connectivity index (χ2v) is 4.02. The summed E-state index contributed by atoms with van der Waals surface area (Å²) in [5.41, 5.74) is 1.35. The maximum atomic E-state index is 12.5. The van der Waals surface area contributed by atoms with Crippen molar-refractivity contribution in [3.63, 3.8) is 0 Å². The van der Waals surface area contributed by atoms with Crippen molar-refractivity contribution in [2.24, 2.45) is 0 Å². The van der Waals surface area contributed by atoms with Gasteiger partial charge in [-0.15, -0.1) is 0 Å². The maximum absolute atomic E-state index is 12.5. The van der Waals surface area contributed by atoms with Crippen molar-refractivity contribution < 1.29 is 17.9 Å². The van der Waals surface area contributed by atoms with E-state index in [1.807, 2.05) is 0 Å². The lowest BCUT2D eigenvalue weighted by Crippen LogP contribution is -2.04. The molecule has 0 amide bonds. The molecule has 1 aromatic carbocycles. The van der Waals surface area contributed by atoms with E-state index < -0.39 is 11.7 Å².